The average Bonchev–Trinajstić information content (AvgIpc) is 3.03. The average molecular weight is 373 g/mol. The molecule has 0 spiro atoms. The van der Waals surface area contributed by atoms with Crippen LogP contribution in [0.2, 0.25) is 0 Å². The maximum atomic E-state index is 4.62. The van der Waals surface area contributed by atoms with Crippen LogP contribution in [0, 0.1) is 11.8 Å². The standard InChI is InChI=1S/C28H36/c1-7-19(4)17-22(9-3)27-21(6)26-18-24(20(5)8-2)15-16-25(26)28(27)23-13-11-10-12-14-23/h10-16,18-20,22H,6-9,17H2,1-5H3. The minimum atomic E-state index is 0.567. The van der Waals surface area contributed by atoms with Crippen LogP contribution < -0.4 is 0 Å². The molecule has 2 aromatic carbocycles. The maximum absolute atomic E-state index is 4.62. The van der Waals surface area contributed by atoms with Crippen molar-refractivity contribution >= 4 is 11.1 Å². The van der Waals surface area contributed by atoms with E-state index in [2.05, 4.69) is 89.7 Å². The lowest BCUT2D eigenvalue weighted by atomic mass is 9.81. The van der Waals surface area contributed by atoms with E-state index < -0.39 is 0 Å². The van der Waals surface area contributed by atoms with Crippen LogP contribution in [0.25, 0.3) is 11.1 Å². The largest absolute Gasteiger partial charge is 0.0908 e. The molecule has 3 rings (SSSR count). The first kappa shape index (κ1) is 20.6. The van der Waals surface area contributed by atoms with E-state index in [9.17, 15) is 0 Å². The molecule has 3 unspecified atom stereocenters. The summed E-state index contributed by atoms with van der Waals surface area (Å²) in [6, 6.07) is 18.0. The lowest BCUT2D eigenvalue weighted by Gasteiger charge is -2.23. The summed E-state index contributed by atoms with van der Waals surface area (Å²) in [6.45, 7) is 16.2. The third kappa shape index (κ3) is 3.88. The second-order valence-electron chi connectivity index (χ2n) is 8.60. The molecule has 0 heterocycles. The summed E-state index contributed by atoms with van der Waals surface area (Å²) in [5.74, 6) is 1.89. The molecule has 148 valence electrons. The topological polar surface area (TPSA) is 0 Å². The molecule has 1 aliphatic rings. The molecule has 0 heteroatoms. The number of hydrogen-bond donors (Lipinski definition) is 0. The molecule has 2 aromatic rings. The van der Waals surface area contributed by atoms with Crippen LogP contribution >= 0.6 is 0 Å². The summed E-state index contributed by atoms with van der Waals surface area (Å²) < 4.78 is 0. The van der Waals surface area contributed by atoms with Gasteiger partial charge in [-0.1, -0.05) is 96.1 Å². The number of allylic oxidation sites excluding steroid dienone is 2. The third-order valence-electron chi connectivity index (χ3n) is 6.76. The van der Waals surface area contributed by atoms with Gasteiger partial charge in [-0.05, 0) is 76.0 Å². The van der Waals surface area contributed by atoms with Crippen LogP contribution in [0.15, 0.2) is 60.7 Å². The summed E-state index contributed by atoms with van der Waals surface area (Å²) in [6.07, 6.45) is 4.82. The molecular formula is C28H36. The molecule has 1 aliphatic carbocycles. The maximum Gasteiger partial charge on any atom is -0.00643 e. The predicted octanol–water partition coefficient (Wildman–Crippen LogP) is 8.49. The van der Waals surface area contributed by atoms with Gasteiger partial charge in [-0.3, -0.25) is 0 Å². The lowest BCUT2D eigenvalue weighted by molar-refractivity contribution is 0.420. The summed E-state index contributed by atoms with van der Waals surface area (Å²) >= 11 is 0. The van der Waals surface area contributed by atoms with E-state index in [0.717, 1.165) is 5.92 Å². The summed E-state index contributed by atoms with van der Waals surface area (Å²) in [7, 11) is 0. The van der Waals surface area contributed by atoms with E-state index in [1.165, 1.54) is 64.7 Å². The van der Waals surface area contributed by atoms with Gasteiger partial charge in [-0.25, -0.2) is 0 Å². The Morgan fingerprint density at radius 2 is 1.54 bits per heavy atom. The van der Waals surface area contributed by atoms with Gasteiger partial charge in [0.15, 0.2) is 0 Å². The van der Waals surface area contributed by atoms with Crippen molar-refractivity contribution in [2.75, 3.05) is 0 Å². The van der Waals surface area contributed by atoms with Gasteiger partial charge in [0.05, 0.1) is 0 Å². The van der Waals surface area contributed by atoms with Gasteiger partial charge in [-0.15, -0.1) is 0 Å². The molecule has 28 heavy (non-hydrogen) atoms. The van der Waals surface area contributed by atoms with Gasteiger partial charge in [0.1, 0.15) is 0 Å². The normalized spacial score (nSPS) is 16.8. The van der Waals surface area contributed by atoms with E-state index >= 15 is 0 Å². The quantitative estimate of drug-likeness (QED) is 0.436. The molecule has 0 fully saturated rings. The van der Waals surface area contributed by atoms with Crippen molar-refractivity contribution in [3.8, 4) is 0 Å². The Morgan fingerprint density at radius 1 is 0.821 bits per heavy atom. The fourth-order valence-electron chi connectivity index (χ4n) is 4.52. The fraction of sp³-hybridized carbons (Fsp3) is 0.429. The Bertz CT molecular complexity index is 853. The first-order valence-corrected chi connectivity index (χ1v) is 11.1. The van der Waals surface area contributed by atoms with Gasteiger partial charge < -0.3 is 0 Å². The first-order valence-electron chi connectivity index (χ1n) is 11.1. The molecule has 0 saturated heterocycles. The third-order valence-corrected chi connectivity index (χ3v) is 6.76. The van der Waals surface area contributed by atoms with Crippen molar-refractivity contribution in [1.29, 1.82) is 0 Å². The highest BCUT2D eigenvalue weighted by Crippen LogP contribution is 2.49. The molecular weight excluding hydrogens is 336 g/mol. The van der Waals surface area contributed by atoms with Crippen LogP contribution in [0.5, 0.6) is 0 Å². The molecule has 0 radical (unpaired) electrons. The summed E-state index contributed by atoms with van der Waals surface area (Å²) in [5.41, 5.74) is 9.67. The number of rotatable bonds is 8. The zero-order valence-electron chi connectivity index (χ0n) is 18.4. The lowest BCUT2D eigenvalue weighted by Crippen LogP contribution is -2.09. The van der Waals surface area contributed by atoms with E-state index in [1.807, 2.05) is 0 Å². The van der Waals surface area contributed by atoms with Crippen molar-refractivity contribution in [2.24, 2.45) is 11.8 Å². The smallest absolute Gasteiger partial charge is 0.00643 e. The zero-order valence-corrected chi connectivity index (χ0v) is 18.4. The van der Waals surface area contributed by atoms with Gasteiger partial charge in [-0.2, -0.15) is 0 Å². The Labute approximate surface area is 172 Å². The Morgan fingerprint density at radius 3 is 2.14 bits per heavy atom. The number of benzene rings is 2. The Balaban J connectivity index is 2.16. The monoisotopic (exact) mass is 372 g/mol. The Kier molecular flexibility index (Phi) is 6.60. The van der Waals surface area contributed by atoms with E-state index in [0.29, 0.717) is 11.8 Å². The van der Waals surface area contributed by atoms with E-state index in [1.54, 1.807) is 0 Å². The molecule has 0 amide bonds. The van der Waals surface area contributed by atoms with Crippen LogP contribution in [0.3, 0.4) is 0 Å². The van der Waals surface area contributed by atoms with Gasteiger partial charge in [0, 0.05) is 0 Å². The molecule has 0 bridgehead atoms. The van der Waals surface area contributed by atoms with E-state index in [-0.39, 0.29) is 0 Å². The van der Waals surface area contributed by atoms with Crippen molar-refractivity contribution in [3.05, 3.63) is 82.9 Å². The minimum absolute atomic E-state index is 0.567. The first-order chi connectivity index (χ1) is 13.5. The highest BCUT2D eigenvalue weighted by atomic mass is 14.3. The van der Waals surface area contributed by atoms with Gasteiger partial charge >= 0.3 is 0 Å². The van der Waals surface area contributed by atoms with Crippen LogP contribution in [-0.2, 0) is 0 Å². The predicted molar refractivity (Wildman–Crippen MR) is 124 cm³/mol. The Hall–Kier alpha value is -2.08. The van der Waals surface area contributed by atoms with Crippen molar-refractivity contribution in [3.63, 3.8) is 0 Å². The summed E-state index contributed by atoms with van der Waals surface area (Å²) in [5, 5.41) is 0. The van der Waals surface area contributed by atoms with Crippen LogP contribution in [0.4, 0.5) is 0 Å². The highest BCUT2D eigenvalue weighted by Gasteiger charge is 2.31. The molecule has 0 N–H and O–H groups in total. The fourth-order valence-corrected chi connectivity index (χ4v) is 4.52. The minimum Gasteiger partial charge on any atom is -0.0908 e. The second kappa shape index (κ2) is 8.95. The van der Waals surface area contributed by atoms with Gasteiger partial charge in [0.25, 0.3) is 0 Å². The van der Waals surface area contributed by atoms with Crippen molar-refractivity contribution in [2.45, 2.75) is 66.2 Å². The van der Waals surface area contributed by atoms with E-state index in [4.69, 9.17) is 0 Å². The summed E-state index contributed by atoms with van der Waals surface area (Å²) in [4.78, 5) is 0. The SMILES string of the molecule is C=C1C(C(CC)CC(C)CC)=C(c2ccccc2)c2ccc(C(C)CC)cc21. The number of hydrogen-bond acceptors (Lipinski definition) is 0. The van der Waals surface area contributed by atoms with Gasteiger partial charge in [0.2, 0.25) is 0 Å². The molecule has 0 saturated carbocycles. The molecule has 0 aliphatic heterocycles. The van der Waals surface area contributed by atoms with Crippen LogP contribution in [0.1, 0.15) is 88.5 Å². The second-order valence-corrected chi connectivity index (χ2v) is 8.60. The zero-order chi connectivity index (χ0) is 20.3. The van der Waals surface area contributed by atoms with Crippen LogP contribution in [-0.4, -0.2) is 0 Å². The highest BCUT2D eigenvalue weighted by molar-refractivity contribution is 6.04. The molecule has 0 nitrogen and oxygen atoms in total. The number of fused-ring (bicyclic) bond motifs is 1. The van der Waals surface area contributed by atoms with Crippen molar-refractivity contribution in [1.82, 2.24) is 0 Å². The molecule has 0 aromatic heterocycles. The molecule has 3 atom stereocenters. The van der Waals surface area contributed by atoms with Crippen molar-refractivity contribution < 1.29 is 0 Å².